The van der Waals surface area contributed by atoms with Gasteiger partial charge >= 0.3 is 0 Å². The van der Waals surface area contributed by atoms with Gasteiger partial charge in [0.25, 0.3) is 15.9 Å². The SMILES string of the molecule is O=C(c1cccc(S(=O)(=O)N2CCc3ccccc32)c1)N1CCCC(c2nc3ccccc3[nH]2)C1. The molecule has 0 aliphatic carbocycles. The molecule has 1 atom stereocenters. The van der Waals surface area contributed by atoms with Gasteiger partial charge in [-0.25, -0.2) is 13.4 Å². The highest BCUT2D eigenvalue weighted by atomic mass is 32.2. The molecule has 178 valence electrons. The number of anilines is 1. The zero-order valence-electron chi connectivity index (χ0n) is 19.2. The van der Waals surface area contributed by atoms with Crippen LogP contribution in [0.5, 0.6) is 0 Å². The molecule has 6 rings (SSSR count). The van der Waals surface area contributed by atoms with Gasteiger partial charge in [0.05, 0.1) is 21.6 Å². The fourth-order valence-corrected chi connectivity index (χ4v) is 6.76. The minimum atomic E-state index is -3.76. The summed E-state index contributed by atoms with van der Waals surface area (Å²) in [4.78, 5) is 23.5. The second-order valence-corrected chi connectivity index (χ2v) is 11.1. The maximum absolute atomic E-state index is 13.5. The predicted octanol–water partition coefficient (Wildman–Crippen LogP) is 4.33. The van der Waals surface area contributed by atoms with E-state index >= 15 is 0 Å². The summed E-state index contributed by atoms with van der Waals surface area (Å²) < 4.78 is 28.4. The highest BCUT2D eigenvalue weighted by Gasteiger charge is 2.32. The van der Waals surface area contributed by atoms with Crippen molar-refractivity contribution in [3.8, 4) is 0 Å². The molecule has 1 amide bonds. The largest absolute Gasteiger partial charge is 0.342 e. The molecule has 8 heteroatoms. The van der Waals surface area contributed by atoms with Crippen LogP contribution in [0.3, 0.4) is 0 Å². The molecule has 0 radical (unpaired) electrons. The van der Waals surface area contributed by atoms with Gasteiger partial charge in [-0.2, -0.15) is 0 Å². The second-order valence-electron chi connectivity index (χ2n) is 9.21. The summed E-state index contributed by atoms with van der Waals surface area (Å²) in [5.41, 5.74) is 4.05. The Bertz CT molecular complexity index is 1500. The van der Waals surface area contributed by atoms with Crippen LogP contribution in [0, 0.1) is 0 Å². The van der Waals surface area contributed by atoms with E-state index in [1.54, 1.807) is 18.2 Å². The number of imidazole rings is 1. The third-order valence-electron chi connectivity index (χ3n) is 7.02. The minimum Gasteiger partial charge on any atom is -0.342 e. The topological polar surface area (TPSA) is 86.4 Å². The number of rotatable bonds is 4. The van der Waals surface area contributed by atoms with Crippen LogP contribution < -0.4 is 4.31 Å². The summed E-state index contributed by atoms with van der Waals surface area (Å²) in [6.07, 6.45) is 2.51. The number of aromatic nitrogens is 2. The van der Waals surface area contributed by atoms with Crippen LogP contribution >= 0.6 is 0 Å². The number of fused-ring (bicyclic) bond motifs is 2. The zero-order chi connectivity index (χ0) is 24.0. The van der Waals surface area contributed by atoms with Crippen LogP contribution in [-0.4, -0.2) is 48.8 Å². The number of nitrogens with zero attached hydrogens (tertiary/aromatic N) is 3. The Hall–Kier alpha value is -3.65. The molecule has 2 aliphatic rings. The van der Waals surface area contributed by atoms with Crippen LogP contribution in [0.1, 0.15) is 40.5 Å². The zero-order valence-corrected chi connectivity index (χ0v) is 20.0. The van der Waals surface area contributed by atoms with Crippen LogP contribution in [0.15, 0.2) is 77.7 Å². The lowest BCUT2D eigenvalue weighted by atomic mass is 9.96. The lowest BCUT2D eigenvalue weighted by molar-refractivity contribution is 0.0704. The fraction of sp³-hybridized carbons (Fsp3) is 0.259. The van der Waals surface area contributed by atoms with Crippen molar-refractivity contribution in [1.82, 2.24) is 14.9 Å². The molecule has 0 saturated carbocycles. The summed E-state index contributed by atoms with van der Waals surface area (Å²) in [5, 5.41) is 0. The lowest BCUT2D eigenvalue weighted by Gasteiger charge is -2.32. The Morgan fingerprint density at radius 3 is 2.69 bits per heavy atom. The van der Waals surface area contributed by atoms with Gasteiger partial charge in [0, 0.05) is 31.1 Å². The number of carbonyl (C=O) groups is 1. The molecule has 0 bridgehead atoms. The van der Waals surface area contributed by atoms with E-state index < -0.39 is 10.0 Å². The Labute approximate surface area is 204 Å². The molecule has 2 aliphatic heterocycles. The summed E-state index contributed by atoms with van der Waals surface area (Å²) in [6, 6.07) is 21.9. The molecule has 4 aromatic rings. The number of carbonyl (C=O) groups excluding carboxylic acids is 1. The lowest BCUT2D eigenvalue weighted by Crippen LogP contribution is -2.39. The number of hydrogen-bond donors (Lipinski definition) is 1. The van der Waals surface area contributed by atoms with Gasteiger partial charge in [-0.3, -0.25) is 9.10 Å². The molecule has 7 nitrogen and oxygen atoms in total. The van der Waals surface area contributed by atoms with Gasteiger partial charge in [0.2, 0.25) is 0 Å². The summed E-state index contributed by atoms with van der Waals surface area (Å²) in [5.74, 6) is 0.866. The number of amides is 1. The number of likely N-dealkylation sites (tertiary alicyclic amines) is 1. The third-order valence-corrected chi connectivity index (χ3v) is 8.83. The van der Waals surface area contributed by atoms with Crippen molar-refractivity contribution in [2.24, 2.45) is 0 Å². The highest BCUT2D eigenvalue weighted by molar-refractivity contribution is 7.92. The molecule has 1 saturated heterocycles. The predicted molar refractivity (Wildman–Crippen MR) is 135 cm³/mol. The summed E-state index contributed by atoms with van der Waals surface area (Å²) in [7, 11) is -3.76. The third kappa shape index (κ3) is 3.87. The fourth-order valence-electron chi connectivity index (χ4n) is 5.21. The molecule has 0 spiro atoms. The quantitative estimate of drug-likeness (QED) is 0.465. The van der Waals surface area contributed by atoms with Crippen molar-refractivity contribution in [2.75, 3.05) is 23.9 Å². The average molecular weight is 487 g/mol. The first kappa shape index (κ1) is 21.9. The standard InChI is InChI=1S/C27H26N4O3S/c32-27(30-15-6-9-21(18-30)26-28-23-11-2-3-12-24(23)29-26)20-8-5-10-22(17-20)35(33,34)31-16-14-19-7-1-4-13-25(19)31/h1-5,7-8,10-13,17,21H,6,9,14-16,18H2,(H,28,29). The normalized spacial score (nSPS) is 18.1. The minimum absolute atomic E-state index is 0.119. The highest BCUT2D eigenvalue weighted by Crippen LogP contribution is 2.33. The second kappa shape index (κ2) is 8.53. The molecule has 35 heavy (non-hydrogen) atoms. The number of hydrogen-bond acceptors (Lipinski definition) is 4. The number of para-hydroxylation sites is 3. The molecule has 1 unspecified atom stereocenters. The van der Waals surface area contributed by atoms with Gasteiger partial charge in [0.1, 0.15) is 5.82 Å². The smallest absolute Gasteiger partial charge is 0.264 e. The first-order valence-electron chi connectivity index (χ1n) is 12.0. The number of aromatic amines is 1. The Morgan fingerprint density at radius 2 is 1.80 bits per heavy atom. The number of H-pyrrole nitrogens is 1. The van der Waals surface area contributed by atoms with Crippen molar-refractivity contribution in [3.63, 3.8) is 0 Å². The van der Waals surface area contributed by atoms with Crippen LogP contribution in [0.25, 0.3) is 11.0 Å². The molecule has 1 aromatic heterocycles. The van der Waals surface area contributed by atoms with E-state index in [9.17, 15) is 13.2 Å². The molecule has 1 N–H and O–H groups in total. The molecule has 1 fully saturated rings. The van der Waals surface area contributed by atoms with Gasteiger partial charge in [-0.05, 0) is 61.2 Å². The van der Waals surface area contributed by atoms with Gasteiger partial charge in [-0.15, -0.1) is 0 Å². The van der Waals surface area contributed by atoms with E-state index in [4.69, 9.17) is 4.98 Å². The monoisotopic (exact) mass is 486 g/mol. The van der Waals surface area contributed by atoms with Crippen molar-refractivity contribution < 1.29 is 13.2 Å². The van der Waals surface area contributed by atoms with Crippen LogP contribution in [0.2, 0.25) is 0 Å². The van der Waals surface area contributed by atoms with Gasteiger partial charge < -0.3 is 9.88 Å². The van der Waals surface area contributed by atoms with E-state index in [-0.39, 0.29) is 16.7 Å². The van der Waals surface area contributed by atoms with Gasteiger partial charge in [-0.1, -0.05) is 36.4 Å². The molecular weight excluding hydrogens is 460 g/mol. The molecule has 3 heterocycles. The number of benzene rings is 3. The van der Waals surface area contributed by atoms with E-state index in [1.807, 2.05) is 53.4 Å². The van der Waals surface area contributed by atoms with E-state index in [0.717, 1.165) is 35.3 Å². The number of sulfonamides is 1. The maximum atomic E-state index is 13.5. The van der Waals surface area contributed by atoms with Crippen molar-refractivity contribution in [3.05, 3.63) is 89.7 Å². The Kier molecular flexibility index (Phi) is 5.33. The van der Waals surface area contributed by atoms with Crippen molar-refractivity contribution in [2.45, 2.75) is 30.1 Å². The van der Waals surface area contributed by atoms with E-state index in [1.165, 1.54) is 10.4 Å². The Balaban J connectivity index is 1.24. The van der Waals surface area contributed by atoms with E-state index in [2.05, 4.69) is 4.98 Å². The number of nitrogens with one attached hydrogen (secondary N) is 1. The summed E-state index contributed by atoms with van der Waals surface area (Å²) >= 11 is 0. The summed E-state index contributed by atoms with van der Waals surface area (Å²) in [6.45, 7) is 1.60. The van der Waals surface area contributed by atoms with Crippen molar-refractivity contribution in [1.29, 1.82) is 0 Å². The van der Waals surface area contributed by atoms with Gasteiger partial charge in [0.15, 0.2) is 0 Å². The van der Waals surface area contributed by atoms with Crippen LogP contribution in [-0.2, 0) is 16.4 Å². The number of piperidine rings is 1. The van der Waals surface area contributed by atoms with Crippen molar-refractivity contribution >= 4 is 32.7 Å². The maximum Gasteiger partial charge on any atom is 0.264 e. The molecular formula is C27H26N4O3S. The first-order chi connectivity index (χ1) is 17.0. The average Bonchev–Trinajstić information content (AvgIpc) is 3.53. The Morgan fingerprint density at radius 1 is 0.971 bits per heavy atom. The first-order valence-corrected chi connectivity index (χ1v) is 13.4. The van der Waals surface area contributed by atoms with E-state index in [0.29, 0.717) is 37.3 Å². The molecule has 3 aromatic carbocycles. The van der Waals surface area contributed by atoms with Crippen LogP contribution in [0.4, 0.5) is 5.69 Å².